The molecule has 0 spiro atoms. The second-order valence-corrected chi connectivity index (χ2v) is 4.91. The molecule has 0 N–H and O–H groups in total. The summed E-state index contributed by atoms with van der Waals surface area (Å²) in [7, 11) is 0. The highest BCUT2D eigenvalue weighted by Crippen LogP contribution is 2.30. The highest BCUT2D eigenvalue weighted by atomic mass is 35.5. The monoisotopic (exact) mass is 347 g/mol. The molecular weight excluding hydrogens is 335 g/mol. The van der Waals surface area contributed by atoms with Crippen LogP contribution in [0.25, 0.3) is 11.4 Å². The lowest BCUT2D eigenvalue weighted by atomic mass is 10.2. The molecular formula is C14H13ClF3N3O2. The number of aryl methyl sites for hydroxylation is 1. The summed E-state index contributed by atoms with van der Waals surface area (Å²) in [6.07, 6.45) is 0. The third-order valence-electron chi connectivity index (χ3n) is 2.96. The molecule has 124 valence electrons. The van der Waals surface area contributed by atoms with Gasteiger partial charge in [-0.15, -0.1) is 0 Å². The number of nitrogens with zero attached hydrogens (tertiary/aromatic N) is 3. The predicted molar refractivity (Wildman–Crippen MR) is 76.6 cm³/mol. The van der Waals surface area contributed by atoms with E-state index in [0.29, 0.717) is 0 Å². The van der Waals surface area contributed by atoms with Crippen LogP contribution in [0.1, 0.15) is 19.7 Å². The lowest BCUT2D eigenvalue weighted by Gasteiger charge is -2.13. The summed E-state index contributed by atoms with van der Waals surface area (Å²) < 4.78 is 47.1. The van der Waals surface area contributed by atoms with E-state index < -0.39 is 23.5 Å². The van der Waals surface area contributed by atoms with Gasteiger partial charge >= 0.3 is 11.9 Å². The van der Waals surface area contributed by atoms with Crippen LogP contribution in [0, 0.1) is 5.82 Å². The summed E-state index contributed by atoms with van der Waals surface area (Å²) in [4.78, 5) is 15.1. The molecule has 0 amide bonds. The highest BCUT2D eigenvalue weighted by Gasteiger charge is 2.47. The summed E-state index contributed by atoms with van der Waals surface area (Å²) in [5.41, 5.74) is 0.167. The maximum absolute atomic E-state index is 14.2. The van der Waals surface area contributed by atoms with Gasteiger partial charge in [0.2, 0.25) is 5.82 Å². The van der Waals surface area contributed by atoms with E-state index in [4.69, 9.17) is 11.6 Å². The fraction of sp³-hybridized carbons (Fsp3) is 0.357. The van der Waals surface area contributed by atoms with Crippen LogP contribution in [0.4, 0.5) is 13.2 Å². The number of hydrogen-bond acceptors (Lipinski definition) is 4. The molecule has 0 fully saturated rings. The average molecular weight is 348 g/mol. The third kappa shape index (κ3) is 3.31. The van der Waals surface area contributed by atoms with Crippen LogP contribution < -0.4 is 0 Å². The quantitative estimate of drug-likeness (QED) is 0.778. The van der Waals surface area contributed by atoms with E-state index in [9.17, 15) is 18.0 Å². The molecule has 23 heavy (non-hydrogen) atoms. The first-order valence-corrected chi connectivity index (χ1v) is 7.14. The minimum atomic E-state index is -3.96. The third-order valence-corrected chi connectivity index (χ3v) is 3.27. The molecule has 0 aliphatic rings. The van der Waals surface area contributed by atoms with Gasteiger partial charge in [0, 0.05) is 12.1 Å². The Bertz CT molecular complexity index is 734. The van der Waals surface area contributed by atoms with Gasteiger partial charge in [-0.2, -0.15) is 13.9 Å². The van der Waals surface area contributed by atoms with Crippen molar-refractivity contribution >= 4 is 17.6 Å². The van der Waals surface area contributed by atoms with Crippen LogP contribution in [-0.2, 0) is 22.0 Å². The molecule has 1 aromatic heterocycles. The Balaban J connectivity index is 2.48. The molecule has 0 bridgehead atoms. The summed E-state index contributed by atoms with van der Waals surface area (Å²) in [5, 5.41) is 3.78. The van der Waals surface area contributed by atoms with E-state index in [1.165, 1.54) is 19.1 Å². The first-order valence-electron chi connectivity index (χ1n) is 6.77. The number of hydrogen-bond donors (Lipinski definition) is 0. The van der Waals surface area contributed by atoms with Gasteiger partial charge in [-0.3, -0.25) is 0 Å². The Morgan fingerprint density at radius 3 is 2.65 bits per heavy atom. The van der Waals surface area contributed by atoms with E-state index in [1.807, 2.05) is 0 Å². The van der Waals surface area contributed by atoms with Crippen molar-refractivity contribution in [3.8, 4) is 11.4 Å². The number of carbonyl (C=O) groups is 1. The lowest BCUT2D eigenvalue weighted by Crippen LogP contribution is -2.32. The van der Waals surface area contributed by atoms with Crippen LogP contribution >= 0.6 is 11.6 Å². The Morgan fingerprint density at radius 1 is 1.39 bits per heavy atom. The molecule has 0 aliphatic carbocycles. The number of rotatable bonds is 5. The van der Waals surface area contributed by atoms with Gasteiger partial charge in [0.25, 0.3) is 0 Å². The average Bonchev–Trinajstić information content (AvgIpc) is 2.95. The van der Waals surface area contributed by atoms with Gasteiger partial charge in [0.05, 0.1) is 11.6 Å². The minimum absolute atomic E-state index is 0.0490. The molecule has 0 aliphatic heterocycles. The maximum atomic E-state index is 14.2. The van der Waals surface area contributed by atoms with Crippen molar-refractivity contribution < 1.29 is 22.7 Å². The summed E-state index contributed by atoms with van der Waals surface area (Å²) in [6, 6.07) is 3.69. The van der Waals surface area contributed by atoms with E-state index >= 15 is 0 Å². The van der Waals surface area contributed by atoms with Crippen LogP contribution in [0.2, 0.25) is 5.02 Å². The second kappa shape index (κ2) is 6.57. The molecule has 0 unspecified atom stereocenters. The second-order valence-electron chi connectivity index (χ2n) is 4.50. The standard InChI is InChI=1S/C14H13ClF3N3O2/c1-3-21-12(14(17,18)13(22)23-4-2)19-11(20-21)8-5-6-9(15)10(16)7-8/h5-7H,3-4H2,1-2H3. The molecule has 2 aromatic rings. The SMILES string of the molecule is CCOC(=O)C(F)(F)c1nc(-c2ccc(Cl)c(F)c2)nn1CC. The van der Waals surface area contributed by atoms with Crippen molar-refractivity contribution in [3.63, 3.8) is 0 Å². The number of esters is 1. The molecule has 0 atom stereocenters. The van der Waals surface area contributed by atoms with E-state index in [2.05, 4.69) is 14.8 Å². The van der Waals surface area contributed by atoms with Gasteiger partial charge in [-0.1, -0.05) is 11.6 Å². The first-order chi connectivity index (χ1) is 10.8. The molecule has 1 aromatic carbocycles. The molecule has 1 heterocycles. The number of ether oxygens (including phenoxy) is 1. The van der Waals surface area contributed by atoms with E-state index in [1.54, 1.807) is 6.92 Å². The zero-order valence-electron chi connectivity index (χ0n) is 12.3. The predicted octanol–water partition coefficient (Wildman–Crippen LogP) is 3.41. The Labute approximate surface area is 135 Å². The fourth-order valence-corrected chi connectivity index (χ4v) is 1.98. The molecule has 9 heteroatoms. The van der Waals surface area contributed by atoms with Gasteiger partial charge in [-0.05, 0) is 32.0 Å². The van der Waals surface area contributed by atoms with Gasteiger partial charge in [0.1, 0.15) is 5.82 Å². The van der Waals surface area contributed by atoms with Crippen LogP contribution in [0.3, 0.4) is 0 Å². The summed E-state index contributed by atoms with van der Waals surface area (Å²) >= 11 is 5.58. The zero-order chi connectivity index (χ0) is 17.2. The fourth-order valence-electron chi connectivity index (χ4n) is 1.87. The Morgan fingerprint density at radius 2 is 2.09 bits per heavy atom. The maximum Gasteiger partial charge on any atom is 0.400 e. The van der Waals surface area contributed by atoms with Crippen molar-refractivity contribution in [3.05, 3.63) is 34.9 Å². The summed E-state index contributed by atoms with van der Waals surface area (Å²) in [5.74, 6) is -7.39. The number of aromatic nitrogens is 3. The van der Waals surface area contributed by atoms with Gasteiger partial charge < -0.3 is 4.74 Å². The van der Waals surface area contributed by atoms with Gasteiger partial charge in [0.15, 0.2) is 5.82 Å². The zero-order valence-corrected chi connectivity index (χ0v) is 13.1. The van der Waals surface area contributed by atoms with Crippen LogP contribution in [0.5, 0.6) is 0 Å². The highest BCUT2D eigenvalue weighted by molar-refractivity contribution is 6.30. The molecule has 5 nitrogen and oxygen atoms in total. The van der Waals surface area contributed by atoms with Crippen LogP contribution in [-0.4, -0.2) is 27.3 Å². The molecule has 2 rings (SSSR count). The van der Waals surface area contributed by atoms with Crippen molar-refractivity contribution in [1.82, 2.24) is 14.8 Å². The molecule has 0 saturated carbocycles. The first kappa shape index (κ1) is 17.3. The summed E-state index contributed by atoms with van der Waals surface area (Å²) in [6.45, 7) is 2.84. The smallest absolute Gasteiger partial charge is 0.400 e. The molecule has 0 saturated heterocycles. The van der Waals surface area contributed by atoms with Gasteiger partial charge in [-0.25, -0.2) is 18.9 Å². The van der Waals surface area contributed by atoms with E-state index in [0.717, 1.165) is 10.7 Å². The van der Waals surface area contributed by atoms with Crippen molar-refractivity contribution in [1.29, 1.82) is 0 Å². The Hall–Kier alpha value is -2.09. The Kier molecular flexibility index (Phi) is 4.93. The number of halogens is 4. The number of alkyl halides is 2. The van der Waals surface area contributed by atoms with Crippen molar-refractivity contribution in [2.45, 2.75) is 26.3 Å². The number of benzene rings is 1. The van der Waals surface area contributed by atoms with Crippen molar-refractivity contribution in [2.75, 3.05) is 6.61 Å². The lowest BCUT2D eigenvalue weighted by molar-refractivity contribution is -0.174. The normalized spacial score (nSPS) is 11.6. The van der Waals surface area contributed by atoms with Crippen molar-refractivity contribution in [2.24, 2.45) is 0 Å². The van der Waals surface area contributed by atoms with E-state index in [-0.39, 0.29) is 29.6 Å². The van der Waals surface area contributed by atoms with Crippen LogP contribution in [0.15, 0.2) is 18.2 Å². The number of carbonyl (C=O) groups excluding carboxylic acids is 1. The molecule has 0 radical (unpaired) electrons. The topological polar surface area (TPSA) is 57.0 Å². The largest absolute Gasteiger partial charge is 0.461 e. The minimum Gasteiger partial charge on any atom is -0.461 e.